The number of methoxy groups -OCH3 is 1. The third-order valence-corrected chi connectivity index (χ3v) is 6.59. The van der Waals surface area contributed by atoms with E-state index in [4.69, 9.17) is 14.2 Å². The molecule has 10 heteroatoms. The van der Waals surface area contributed by atoms with E-state index in [2.05, 4.69) is 10.2 Å². The van der Waals surface area contributed by atoms with E-state index >= 15 is 0 Å². The van der Waals surface area contributed by atoms with Gasteiger partial charge in [-0.2, -0.15) is 0 Å². The summed E-state index contributed by atoms with van der Waals surface area (Å²) in [4.78, 5) is 43.3. The Morgan fingerprint density at radius 3 is 2.63 bits per heavy atom. The van der Waals surface area contributed by atoms with Gasteiger partial charge in [0, 0.05) is 32.6 Å². The fourth-order valence-electron chi connectivity index (χ4n) is 4.66. The van der Waals surface area contributed by atoms with E-state index in [1.165, 1.54) is 4.90 Å². The van der Waals surface area contributed by atoms with Crippen molar-refractivity contribution in [3.8, 4) is 17.2 Å². The Balaban J connectivity index is 1.11. The first kappa shape index (κ1) is 22.8. The number of piperazine rings is 1. The van der Waals surface area contributed by atoms with Gasteiger partial charge in [-0.3, -0.25) is 14.5 Å². The summed E-state index contributed by atoms with van der Waals surface area (Å²) in [5.41, 5.74) is 1.78. The molecule has 10 nitrogen and oxygen atoms in total. The van der Waals surface area contributed by atoms with Gasteiger partial charge in [0.25, 0.3) is 5.91 Å². The predicted octanol–water partition coefficient (Wildman–Crippen LogP) is 1.97. The summed E-state index contributed by atoms with van der Waals surface area (Å²) in [7, 11) is 1.65. The standard InChI is InChI=1S/C25H28N4O6/c1-33-20-5-3-2-4-19(20)27-10-12-28(13-11-27)23(30)9-7-18-24(31)29(25(32)26-18)15-17-6-8-21-22(14-17)35-16-34-21/h2-6,8,14,18H,7,9-13,15-16H2,1H3,(H,26,32)/t18-/m1/s1. The molecule has 2 aromatic rings. The Labute approximate surface area is 203 Å². The molecule has 5 rings (SSSR count). The highest BCUT2D eigenvalue weighted by Gasteiger charge is 2.38. The van der Waals surface area contributed by atoms with E-state index < -0.39 is 12.1 Å². The number of imide groups is 1. The van der Waals surface area contributed by atoms with Gasteiger partial charge in [-0.05, 0) is 36.2 Å². The fraction of sp³-hybridized carbons (Fsp3) is 0.400. The molecule has 2 saturated heterocycles. The third kappa shape index (κ3) is 4.68. The lowest BCUT2D eigenvalue weighted by Gasteiger charge is -2.36. The molecular weight excluding hydrogens is 452 g/mol. The molecule has 3 aliphatic rings. The average Bonchev–Trinajstić information content (AvgIpc) is 3.46. The van der Waals surface area contributed by atoms with E-state index in [9.17, 15) is 14.4 Å². The maximum atomic E-state index is 12.8. The van der Waals surface area contributed by atoms with Gasteiger partial charge in [0.1, 0.15) is 11.8 Å². The molecule has 0 saturated carbocycles. The quantitative estimate of drug-likeness (QED) is 0.605. The van der Waals surface area contributed by atoms with Crippen molar-refractivity contribution in [3.05, 3.63) is 48.0 Å². The number of para-hydroxylation sites is 2. The molecule has 2 fully saturated rings. The van der Waals surface area contributed by atoms with Gasteiger partial charge in [-0.25, -0.2) is 4.79 Å². The topological polar surface area (TPSA) is 101 Å². The second-order valence-corrected chi connectivity index (χ2v) is 8.69. The van der Waals surface area contributed by atoms with Crippen LogP contribution < -0.4 is 24.4 Å². The molecule has 0 radical (unpaired) electrons. The summed E-state index contributed by atoms with van der Waals surface area (Å²) in [6.07, 6.45) is 0.469. The van der Waals surface area contributed by atoms with E-state index in [-0.39, 0.29) is 38.0 Å². The third-order valence-electron chi connectivity index (χ3n) is 6.59. The first-order valence-electron chi connectivity index (χ1n) is 11.7. The molecule has 3 aliphatic heterocycles. The monoisotopic (exact) mass is 480 g/mol. The SMILES string of the molecule is COc1ccccc1N1CCN(C(=O)CC[C@H]2NC(=O)N(Cc3ccc4c(c3)OCO4)C2=O)CC1. The minimum atomic E-state index is -0.699. The lowest BCUT2D eigenvalue weighted by atomic mass is 10.1. The van der Waals surface area contributed by atoms with Crippen molar-refractivity contribution in [1.82, 2.24) is 15.1 Å². The zero-order valence-electron chi connectivity index (χ0n) is 19.6. The number of hydrogen-bond acceptors (Lipinski definition) is 7. The van der Waals surface area contributed by atoms with Crippen LogP contribution in [0.4, 0.5) is 10.5 Å². The van der Waals surface area contributed by atoms with Crippen LogP contribution in [-0.4, -0.2) is 73.8 Å². The van der Waals surface area contributed by atoms with Gasteiger partial charge in [0.15, 0.2) is 11.5 Å². The van der Waals surface area contributed by atoms with Crippen LogP contribution in [0.25, 0.3) is 0 Å². The van der Waals surface area contributed by atoms with Crippen molar-refractivity contribution >= 4 is 23.5 Å². The zero-order chi connectivity index (χ0) is 24.4. The van der Waals surface area contributed by atoms with Gasteiger partial charge in [0.2, 0.25) is 12.7 Å². The minimum absolute atomic E-state index is 0.0130. The second kappa shape index (κ2) is 9.73. The van der Waals surface area contributed by atoms with Gasteiger partial charge in [0.05, 0.1) is 19.3 Å². The van der Waals surface area contributed by atoms with Crippen LogP contribution >= 0.6 is 0 Å². The van der Waals surface area contributed by atoms with E-state index in [1.54, 1.807) is 25.3 Å². The molecule has 1 N–H and O–H groups in total. The number of rotatable bonds is 7. The molecule has 0 bridgehead atoms. The predicted molar refractivity (Wildman–Crippen MR) is 126 cm³/mol. The van der Waals surface area contributed by atoms with Crippen LogP contribution in [0.3, 0.4) is 0 Å². The number of carbonyl (C=O) groups excluding carboxylic acids is 3. The normalized spacial score (nSPS) is 19.2. The zero-order valence-corrected chi connectivity index (χ0v) is 19.6. The van der Waals surface area contributed by atoms with E-state index in [0.29, 0.717) is 37.7 Å². The summed E-state index contributed by atoms with van der Waals surface area (Å²) in [6.45, 7) is 2.89. The Kier molecular flexibility index (Phi) is 6.35. The number of benzene rings is 2. The van der Waals surface area contributed by atoms with Crippen molar-refractivity contribution in [3.63, 3.8) is 0 Å². The maximum absolute atomic E-state index is 12.8. The van der Waals surface area contributed by atoms with Crippen molar-refractivity contribution in [2.45, 2.75) is 25.4 Å². The Bertz CT molecular complexity index is 1130. The number of amides is 4. The molecule has 0 aromatic heterocycles. The molecule has 1 atom stereocenters. The van der Waals surface area contributed by atoms with Crippen molar-refractivity contribution in [2.75, 3.05) is 45.0 Å². The first-order valence-corrected chi connectivity index (χ1v) is 11.7. The van der Waals surface area contributed by atoms with Gasteiger partial charge in [-0.1, -0.05) is 18.2 Å². The van der Waals surface area contributed by atoms with Crippen LogP contribution in [0.15, 0.2) is 42.5 Å². The number of fused-ring (bicyclic) bond motifs is 1. The highest BCUT2D eigenvalue weighted by atomic mass is 16.7. The molecule has 4 amide bonds. The second-order valence-electron chi connectivity index (χ2n) is 8.69. The van der Waals surface area contributed by atoms with Gasteiger partial charge < -0.3 is 29.3 Å². The van der Waals surface area contributed by atoms with Crippen LogP contribution in [0.2, 0.25) is 0 Å². The first-order chi connectivity index (χ1) is 17.0. The van der Waals surface area contributed by atoms with E-state index in [1.807, 2.05) is 29.2 Å². The lowest BCUT2D eigenvalue weighted by Crippen LogP contribution is -2.49. The van der Waals surface area contributed by atoms with Crippen LogP contribution in [0.5, 0.6) is 17.2 Å². The summed E-state index contributed by atoms with van der Waals surface area (Å²) >= 11 is 0. The Morgan fingerprint density at radius 2 is 1.83 bits per heavy atom. The molecule has 2 aromatic carbocycles. The Hall–Kier alpha value is -3.95. The summed E-state index contributed by atoms with van der Waals surface area (Å²) in [5, 5.41) is 2.71. The van der Waals surface area contributed by atoms with Crippen LogP contribution in [0.1, 0.15) is 18.4 Å². The molecule has 0 aliphatic carbocycles. The largest absolute Gasteiger partial charge is 0.495 e. The lowest BCUT2D eigenvalue weighted by molar-refractivity contribution is -0.132. The van der Waals surface area contributed by atoms with Gasteiger partial charge >= 0.3 is 6.03 Å². The average molecular weight is 481 g/mol. The Morgan fingerprint density at radius 1 is 1.06 bits per heavy atom. The highest BCUT2D eigenvalue weighted by molar-refractivity contribution is 6.04. The summed E-state index contributed by atoms with van der Waals surface area (Å²) in [6, 6.07) is 12.0. The number of ether oxygens (including phenoxy) is 3. The van der Waals surface area contributed by atoms with Crippen LogP contribution in [-0.2, 0) is 16.1 Å². The maximum Gasteiger partial charge on any atom is 0.325 e. The number of anilines is 1. The number of hydrogen-bond donors (Lipinski definition) is 1. The smallest absolute Gasteiger partial charge is 0.325 e. The number of urea groups is 1. The molecule has 0 spiro atoms. The van der Waals surface area contributed by atoms with Crippen LogP contribution in [0, 0.1) is 0 Å². The molecule has 0 unspecified atom stereocenters. The van der Waals surface area contributed by atoms with Gasteiger partial charge in [-0.15, -0.1) is 0 Å². The van der Waals surface area contributed by atoms with Crippen molar-refractivity contribution < 1.29 is 28.6 Å². The number of nitrogens with zero attached hydrogens (tertiary/aromatic N) is 3. The minimum Gasteiger partial charge on any atom is -0.495 e. The molecule has 35 heavy (non-hydrogen) atoms. The molecular formula is C25H28N4O6. The molecule has 3 heterocycles. The van der Waals surface area contributed by atoms with Crippen molar-refractivity contribution in [1.29, 1.82) is 0 Å². The number of nitrogens with one attached hydrogen (secondary N) is 1. The fourth-order valence-corrected chi connectivity index (χ4v) is 4.66. The number of carbonyl (C=O) groups is 3. The highest BCUT2D eigenvalue weighted by Crippen LogP contribution is 2.33. The van der Waals surface area contributed by atoms with E-state index in [0.717, 1.165) is 17.0 Å². The summed E-state index contributed by atoms with van der Waals surface area (Å²) < 4.78 is 16.1. The molecule has 184 valence electrons. The summed E-state index contributed by atoms with van der Waals surface area (Å²) in [5.74, 6) is 1.73. The van der Waals surface area contributed by atoms with Crippen molar-refractivity contribution in [2.24, 2.45) is 0 Å².